The number of carbonyl (C=O) groups is 1. The summed E-state index contributed by atoms with van der Waals surface area (Å²) < 4.78 is 14.7. The Bertz CT molecular complexity index is 1730. The summed E-state index contributed by atoms with van der Waals surface area (Å²) in [6, 6.07) is 24.6. The van der Waals surface area contributed by atoms with Crippen molar-refractivity contribution in [1.29, 1.82) is 0 Å². The molecular formula is C38H44N6O4S. The normalized spacial score (nSPS) is 28.8. The second-order valence-corrected chi connectivity index (χ2v) is 15.6. The van der Waals surface area contributed by atoms with Crippen molar-refractivity contribution >= 4 is 17.8 Å². The Morgan fingerprint density at radius 3 is 2.29 bits per heavy atom. The van der Waals surface area contributed by atoms with Crippen molar-refractivity contribution < 1.29 is 19.4 Å². The number of thioether (sulfide) groups is 1. The topological polar surface area (TPSA) is 123 Å². The van der Waals surface area contributed by atoms with E-state index in [2.05, 4.69) is 68.6 Å². The summed E-state index contributed by atoms with van der Waals surface area (Å²) in [5.41, 5.74) is 6.10. The lowest BCUT2D eigenvalue weighted by molar-refractivity contribution is -0.245. The van der Waals surface area contributed by atoms with Crippen molar-refractivity contribution in [2.24, 2.45) is 24.8 Å². The van der Waals surface area contributed by atoms with Crippen LogP contribution < -0.4 is 10.6 Å². The van der Waals surface area contributed by atoms with Gasteiger partial charge in [-0.15, -0.1) is 5.10 Å². The molecule has 1 aromatic heterocycles. The van der Waals surface area contributed by atoms with Gasteiger partial charge in [0.25, 0.3) is 0 Å². The number of aliphatic hydroxyl groups excluding tert-OH is 1. The number of benzene rings is 3. The Morgan fingerprint density at radius 1 is 0.898 bits per heavy atom. The van der Waals surface area contributed by atoms with Crippen LogP contribution in [0.15, 0.2) is 78.0 Å². The highest BCUT2D eigenvalue weighted by Gasteiger charge is 2.51. The number of urea groups is 1. The Balaban J connectivity index is 0.921. The second-order valence-electron chi connectivity index (χ2n) is 14.6. The highest BCUT2D eigenvalue weighted by atomic mass is 32.2. The van der Waals surface area contributed by atoms with Crippen molar-refractivity contribution in [1.82, 2.24) is 30.8 Å². The van der Waals surface area contributed by atoms with Crippen LogP contribution in [0.1, 0.15) is 79.6 Å². The van der Waals surface area contributed by atoms with Gasteiger partial charge in [-0.3, -0.25) is 0 Å². The van der Waals surface area contributed by atoms with Gasteiger partial charge in [-0.25, -0.2) is 9.48 Å². The smallest absolute Gasteiger partial charge is 0.315 e. The molecule has 3 N–H and O–H groups in total. The zero-order valence-corrected chi connectivity index (χ0v) is 28.6. The van der Waals surface area contributed by atoms with Crippen LogP contribution in [0, 0.1) is 17.8 Å². The van der Waals surface area contributed by atoms with Gasteiger partial charge in [-0.1, -0.05) is 78.5 Å². The van der Waals surface area contributed by atoms with Crippen molar-refractivity contribution in [3.05, 3.63) is 95.1 Å². The molecule has 4 bridgehead atoms. The predicted molar refractivity (Wildman–Crippen MR) is 186 cm³/mol. The molecule has 2 heterocycles. The fourth-order valence-electron chi connectivity index (χ4n) is 8.96. The standard InChI is InChI=1S/C38H44N6O4S/c1-44-37(41-42-43-44)49-23-33-17-34(30-7-5-24(22-45)6-8-30)48-35(47-33)31-11-9-29(10-12-31)32-4-2-3-25(16-32)21-39-36(46)40-38-18-26-13-27(19-38)15-28(14-26)20-38/h2-12,16,26-28,33-35,45H,13-15,17-23H2,1H3,(H2,39,40,46)/t26?,27?,28?,33-,34+,35+,38?/m0/s1. The number of hydrogen-bond acceptors (Lipinski definition) is 8. The number of aromatic nitrogens is 4. The van der Waals surface area contributed by atoms with Crippen LogP contribution in [0.2, 0.25) is 0 Å². The fraction of sp³-hybridized carbons (Fsp3) is 0.474. The van der Waals surface area contributed by atoms with Crippen LogP contribution in [0.3, 0.4) is 0 Å². The molecule has 5 aliphatic rings. The molecule has 2 amide bonds. The third-order valence-electron chi connectivity index (χ3n) is 10.9. The van der Waals surface area contributed by atoms with Gasteiger partial charge in [0.1, 0.15) is 0 Å². The lowest BCUT2D eigenvalue weighted by atomic mass is 9.53. The molecule has 1 saturated heterocycles. The number of tetrazole rings is 1. The van der Waals surface area contributed by atoms with Crippen LogP contribution in [-0.4, -0.2) is 48.7 Å². The molecule has 4 aliphatic carbocycles. The summed E-state index contributed by atoms with van der Waals surface area (Å²) in [6.07, 6.45) is 7.41. The van der Waals surface area contributed by atoms with E-state index in [9.17, 15) is 9.90 Å². The molecule has 49 heavy (non-hydrogen) atoms. The maximum Gasteiger partial charge on any atom is 0.315 e. The van der Waals surface area contributed by atoms with Crippen LogP contribution in [0.5, 0.6) is 0 Å². The monoisotopic (exact) mass is 680 g/mol. The minimum Gasteiger partial charge on any atom is -0.392 e. The van der Waals surface area contributed by atoms with Crippen LogP contribution in [0.25, 0.3) is 11.1 Å². The molecule has 10 nitrogen and oxygen atoms in total. The van der Waals surface area contributed by atoms with Crippen molar-refractivity contribution in [3.63, 3.8) is 0 Å². The van der Waals surface area contributed by atoms with Gasteiger partial charge in [-0.2, -0.15) is 0 Å². The van der Waals surface area contributed by atoms with E-state index in [4.69, 9.17) is 9.47 Å². The first-order valence-corrected chi connectivity index (χ1v) is 18.5. The Hall–Kier alpha value is -3.77. The van der Waals surface area contributed by atoms with Crippen molar-refractivity contribution in [3.8, 4) is 11.1 Å². The lowest BCUT2D eigenvalue weighted by Gasteiger charge is -2.56. The summed E-state index contributed by atoms with van der Waals surface area (Å²) in [7, 11) is 1.83. The molecule has 5 fully saturated rings. The zero-order chi connectivity index (χ0) is 33.4. The number of nitrogens with zero attached hydrogens (tertiary/aromatic N) is 4. The van der Waals surface area contributed by atoms with Crippen LogP contribution in [0.4, 0.5) is 4.79 Å². The number of ether oxygens (including phenoxy) is 2. The maximum absolute atomic E-state index is 13.1. The van der Waals surface area contributed by atoms with E-state index >= 15 is 0 Å². The van der Waals surface area contributed by atoms with Gasteiger partial charge in [0.05, 0.1) is 18.8 Å². The van der Waals surface area contributed by atoms with E-state index < -0.39 is 6.29 Å². The van der Waals surface area contributed by atoms with E-state index in [0.29, 0.717) is 18.7 Å². The number of carbonyl (C=O) groups excluding carboxylic acids is 1. The van der Waals surface area contributed by atoms with Crippen molar-refractivity contribution in [2.75, 3.05) is 5.75 Å². The summed E-state index contributed by atoms with van der Waals surface area (Å²) >= 11 is 1.56. The molecule has 0 spiro atoms. The Morgan fingerprint density at radius 2 is 1.61 bits per heavy atom. The zero-order valence-electron chi connectivity index (χ0n) is 27.8. The summed E-state index contributed by atoms with van der Waals surface area (Å²) in [6.45, 7) is 0.490. The molecule has 11 heteroatoms. The first-order valence-electron chi connectivity index (χ1n) is 17.5. The van der Waals surface area contributed by atoms with Gasteiger partial charge in [0.2, 0.25) is 5.16 Å². The minimum absolute atomic E-state index is 0.00527. The number of aliphatic hydroxyl groups is 1. The number of hydrogen-bond donors (Lipinski definition) is 3. The average Bonchev–Trinajstić information content (AvgIpc) is 3.53. The molecular weight excluding hydrogens is 637 g/mol. The van der Waals surface area contributed by atoms with Crippen molar-refractivity contribution in [2.45, 2.75) is 87.3 Å². The SMILES string of the molecule is Cn1nnnc1SC[C@@H]1C[C@H](c2ccc(CO)cc2)O[C@H](c2ccc(-c3cccc(CNC(=O)NC45CC6CC(CC(C6)C4)C5)c3)cc2)O1. The van der Waals surface area contributed by atoms with E-state index in [1.165, 1.54) is 19.3 Å². The second kappa shape index (κ2) is 13.9. The average molecular weight is 681 g/mol. The van der Waals surface area contributed by atoms with E-state index in [1.54, 1.807) is 16.4 Å². The van der Waals surface area contributed by atoms with E-state index in [1.807, 2.05) is 37.4 Å². The first-order chi connectivity index (χ1) is 23.9. The summed E-state index contributed by atoms with van der Waals surface area (Å²) in [5.74, 6) is 3.07. The van der Waals surface area contributed by atoms with Gasteiger partial charge >= 0.3 is 6.03 Å². The number of rotatable bonds is 10. The van der Waals surface area contributed by atoms with E-state index in [0.717, 1.165) is 75.6 Å². The van der Waals surface area contributed by atoms with Gasteiger partial charge < -0.3 is 25.2 Å². The van der Waals surface area contributed by atoms with E-state index in [-0.39, 0.29) is 30.4 Å². The van der Waals surface area contributed by atoms with Crippen LogP contribution in [-0.2, 0) is 29.7 Å². The quantitative estimate of drug-likeness (QED) is 0.163. The minimum atomic E-state index is -0.545. The highest BCUT2D eigenvalue weighted by molar-refractivity contribution is 7.99. The highest BCUT2D eigenvalue weighted by Crippen LogP contribution is 2.55. The maximum atomic E-state index is 13.1. The summed E-state index contributed by atoms with van der Waals surface area (Å²) in [4.78, 5) is 13.1. The summed E-state index contributed by atoms with van der Waals surface area (Å²) in [5, 5.41) is 28.6. The number of amides is 2. The molecule has 0 radical (unpaired) electrons. The number of aryl methyl sites for hydroxylation is 1. The molecule has 4 saturated carbocycles. The third-order valence-corrected chi connectivity index (χ3v) is 12.1. The molecule has 256 valence electrons. The molecule has 3 atom stereocenters. The van der Waals surface area contributed by atoms with Gasteiger partial charge in [0.15, 0.2) is 6.29 Å². The molecule has 3 aromatic carbocycles. The lowest BCUT2D eigenvalue weighted by Crippen LogP contribution is -2.61. The van der Waals surface area contributed by atoms with Gasteiger partial charge in [-0.05, 0) is 101 Å². The molecule has 1 aliphatic heterocycles. The largest absolute Gasteiger partial charge is 0.392 e. The Kier molecular flexibility index (Phi) is 9.17. The number of nitrogens with one attached hydrogen (secondary N) is 2. The third kappa shape index (κ3) is 7.26. The molecule has 4 aromatic rings. The molecule has 0 unspecified atom stereocenters. The predicted octanol–water partition coefficient (Wildman–Crippen LogP) is 6.48. The van der Waals surface area contributed by atoms with Crippen LogP contribution >= 0.6 is 11.8 Å². The van der Waals surface area contributed by atoms with Gasteiger partial charge in [0, 0.05) is 36.9 Å². The first kappa shape index (κ1) is 32.4. The fourth-order valence-corrected chi connectivity index (χ4v) is 9.83. The molecule has 9 rings (SSSR count). The Labute approximate surface area is 291 Å².